The Morgan fingerprint density at radius 2 is 1.88 bits per heavy atom. The largest absolute Gasteiger partial charge is 0.484 e. The van der Waals surface area contributed by atoms with Crippen molar-refractivity contribution in [3.63, 3.8) is 0 Å². The number of benzene rings is 1. The summed E-state index contributed by atoms with van der Waals surface area (Å²) in [6.45, 7) is 3.15. The number of aliphatic hydroxyl groups excluding tert-OH is 1. The number of hydrogen-bond donors (Lipinski definition) is 4. The molecule has 3 aliphatic heterocycles. The first-order valence-electron chi connectivity index (χ1n) is 16.3. The van der Waals surface area contributed by atoms with Crippen molar-refractivity contribution in [2.75, 3.05) is 39.4 Å². The van der Waals surface area contributed by atoms with Gasteiger partial charge in [-0.3, -0.25) is 24.1 Å². The van der Waals surface area contributed by atoms with Crippen molar-refractivity contribution in [1.82, 2.24) is 35.9 Å². The fourth-order valence-corrected chi connectivity index (χ4v) is 6.70. The molecule has 2 bridgehead atoms. The second-order valence-electron chi connectivity index (χ2n) is 12.8. The van der Waals surface area contributed by atoms with Crippen LogP contribution in [0.3, 0.4) is 0 Å². The Bertz CT molecular complexity index is 1600. The first-order valence-corrected chi connectivity index (χ1v) is 16.3. The Labute approximate surface area is 277 Å². The number of furan rings is 1. The van der Waals surface area contributed by atoms with Gasteiger partial charge in [0.25, 0.3) is 5.91 Å². The van der Waals surface area contributed by atoms with Crippen LogP contribution in [0.1, 0.15) is 44.1 Å². The molecule has 3 atom stereocenters. The molecular weight excluding hydrogens is 622 g/mol. The smallest absolute Gasteiger partial charge is 0.258 e. The molecule has 0 saturated carbocycles. The van der Waals surface area contributed by atoms with E-state index in [0.717, 1.165) is 5.56 Å². The summed E-state index contributed by atoms with van der Waals surface area (Å²) in [5, 5.41) is 22.5. The molecule has 2 saturated heterocycles. The molecule has 1 aromatic carbocycles. The lowest BCUT2D eigenvalue weighted by atomic mass is 9.73. The van der Waals surface area contributed by atoms with Crippen molar-refractivity contribution in [3.8, 4) is 17.3 Å². The highest BCUT2D eigenvalue weighted by atomic mass is 16.5. The predicted molar refractivity (Wildman–Crippen MR) is 169 cm³/mol. The summed E-state index contributed by atoms with van der Waals surface area (Å²) >= 11 is 0. The fourth-order valence-electron chi connectivity index (χ4n) is 6.70. The van der Waals surface area contributed by atoms with E-state index in [9.17, 15) is 24.3 Å². The quantitative estimate of drug-likeness (QED) is 0.306. The Kier molecular flexibility index (Phi) is 10.1. The van der Waals surface area contributed by atoms with Crippen molar-refractivity contribution in [2.45, 2.75) is 63.7 Å². The minimum absolute atomic E-state index is 0.281. The second-order valence-corrected chi connectivity index (χ2v) is 12.8. The van der Waals surface area contributed by atoms with Gasteiger partial charge in [-0.15, -0.1) is 0 Å². The maximum atomic E-state index is 13.4. The van der Waals surface area contributed by atoms with Crippen LogP contribution in [-0.4, -0.2) is 106 Å². The average Bonchev–Trinajstić information content (AvgIpc) is 3.88. The van der Waals surface area contributed by atoms with E-state index in [2.05, 4.69) is 31.0 Å². The third-order valence-electron chi connectivity index (χ3n) is 9.37. The summed E-state index contributed by atoms with van der Waals surface area (Å²) in [6.07, 6.45) is 4.59. The highest BCUT2D eigenvalue weighted by Crippen LogP contribution is 2.36. The molecule has 15 heteroatoms. The van der Waals surface area contributed by atoms with Crippen LogP contribution in [0.15, 0.2) is 51.6 Å². The standard InChI is InChI=1S/C33H41N7O8/c1-21-32(45)40-11-3-7-25(40)31(44)36-24(18-41)30(43)34-20-33(16-22-5-2-6-23(15-22)47-19-27(42)35-21)9-12-39(13-10-33)17-28-37-29(38-48-28)26-8-4-14-46-26/h2,4-6,8,14-15,21,24-25,41H,3,7,9-13,16-20H2,1H3,(H,34,43)(H,35,42)(H,36,44)/t21-,24-,25-/m0/s1. The van der Waals surface area contributed by atoms with Gasteiger partial charge in [0.15, 0.2) is 12.4 Å². The van der Waals surface area contributed by atoms with Gasteiger partial charge in [-0.2, -0.15) is 4.98 Å². The van der Waals surface area contributed by atoms with Gasteiger partial charge in [0, 0.05) is 13.1 Å². The van der Waals surface area contributed by atoms with E-state index in [4.69, 9.17) is 13.7 Å². The molecule has 48 heavy (non-hydrogen) atoms. The molecule has 4 amide bonds. The molecular formula is C33H41N7O8. The van der Waals surface area contributed by atoms with Gasteiger partial charge in [0.05, 0.1) is 19.4 Å². The van der Waals surface area contributed by atoms with E-state index in [1.54, 1.807) is 31.4 Å². The molecule has 6 rings (SSSR count). The van der Waals surface area contributed by atoms with Crippen LogP contribution in [-0.2, 0) is 32.1 Å². The van der Waals surface area contributed by atoms with Crippen molar-refractivity contribution >= 4 is 23.6 Å². The van der Waals surface area contributed by atoms with E-state index in [0.29, 0.717) is 88.1 Å². The number of nitrogens with one attached hydrogen (secondary N) is 3. The average molecular weight is 664 g/mol. The number of hydrogen-bond acceptors (Lipinski definition) is 11. The van der Waals surface area contributed by atoms with Crippen molar-refractivity contribution < 1.29 is 38.0 Å². The number of amides is 4. The van der Waals surface area contributed by atoms with Crippen LogP contribution < -0.4 is 20.7 Å². The second kappa shape index (κ2) is 14.6. The van der Waals surface area contributed by atoms with E-state index < -0.39 is 48.4 Å². The zero-order valence-corrected chi connectivity index (χ0v) is 26.9. The number of aliphatic hydroxyl groups is 1. The molecule has 2 fully saturated rings. The lowest BCUT2D eigenvalue weighted by Gasteiger charge is -2.42. The summed E-state index contributed by atoms with van der Waals surface area (Å²) in [4.78, 5) is 60.7. The minimum atomic E-state index is -1.19. The SMILES string of the molecule is C[C@@H]1NC(=O)COc2cccc(c2)CC2(CCN(Cc3nc(-c4ccco4)no3)CC2)CNC(=O)[C@H](CO)NC(=O)[C@@H]2CCCN2C1=O. The molecule has 2 aromatic heterocycles. The van der Waals surface area contributed by atoms with Crippen molar-refractivity contribution in [1.29, 1.82) is 0 Å². The Morgan fingerprint density at radius 1 is 1.04 bits per heavy atom. The summed E-state index contributed by atoms with van der Waals surface area (Å²) in [5.74, 6) is -0.00243. The van der Waals surface area contributed by atoms with Gasteiger partial charge in [-0.05, 0) is 87.4 Å². The molecule has 3 aromatic rings. The molecule has 3 aliphatic rings. The van der Waals surface area contributed by atoms with Gasteiger partial charge in [0.2, 0.25) is 29.4 Å². The van der Waals surface area contributed by atoms with Crippen LogP contribution in [0, 0.1) is 5.41 Å². The third-order valence-corrected chi connectivity index (χ3v) is 9.37. The molecule has 1 spiro atoms. The van der Waals surface area contributed by atoms with E-state index >= 15 is 0 Å². The fraction of sp³-hybridized carbons (Fsp3) is 0.515. The number of aromatic nitrogens is 2. The number of fused-ring (bicyclic) bond motifs is 3. The molecule has 0 radical (unpaired) electrons. The topological polar surface area (TPSA) is 192 Å². The maximum Gasteiger partial charge on any atom is 0.258 e. The number of likely N-dealkylation sites (tertiary alicyclic amines) is 1. The molecule has 0 unspecified atom stereocenters. The van der Waals surface area contributed by atoms with E-state index in [1.165, 1.54) is 4.90 Å². The third kappa shape index (κ3) is 7.68. The lowest BCUT2D eigenvalue weighted by molar-refractivity contribution is -0.142. The van der Waals surface area contributed by atoms with E-state index in [1.807, 2.05) is 18.2 Å². The Hall–Kier alpha value is -4.76. The van der Waals surface area contributed by atoms with Crippen LogP contribution >= 0.6 is 0 Å². The summed E-state index contributed by atoms with van der Waals surface area (Å²) < 4.78 is 16.6. The Morgan fingerprint density at radius 3 is 2.65 bits per heavy atom. The lowest BCUT2D eigenvalue weighted by Crippen LogP contribution is -2.57. The molecule has 0 aliphatic carbocycles. The summed E-state index contributed by atoms with van der Waals surface area (Å²) in [5.41, 5.74) is 0.595. The Balaban J connectivity index is 1.19. The van der Waals surface area contributed by atoms with Crippen LogP contribution in [0.25, 0.3) is 11.6 Å². The van der Waals surface area contributed by atoms with E-state index in [-0.39, 0.29) is 12.0 Å². The van der Waals surface area contributed by atoms with Crippen LogP contribution in [0.4, 0.5) is 0 Å². The van der Waals surface area contributed by atoms with Gasteiger partial charge in [-0.25, -0.2) is 0 Å². The zero-order chi connectivity index (χ0) is 33.7. The summed E-state index contributed by atoms with van der Waals surface area (Å²) in [7, 11) is 0. The number of carbonyl (C=O) groups excluding carboxylic acids is 4. The first-order chi connectivity index (χ1) is 23.2. The van der Waals surface area contributed by atoms with Crippen LogP contribution in [0.5, 0.6) is 5.75 Å². The first kappa shape index (κ1) is 33.2. The highest BCUT2D eigenvalue weighted by molar-refractivity contribution is 5.94. The molecule has 256 valence electrons. The normalized spacial score (nSPS) is 24.5. The summed E-state index contributed by atoms with van der Waals surface area (Å²) in [6, 6.07) is 8.11. The van der Waals surface area contributed by atoms with Gasteiger partial charge in [0.1, 0.15) is 23.9 Å². The van der Waals surface area contributed by atoms with Gasteiger partial charge >= 0.3 is 0 Å². The molecule has 4 N–H and O–H groups in total. The monoisotopic (exact) mass is 663 g/mol. The minimum Gasteiger partial charge on any atom is -0.484 e. The number of carbonyl (C=O) groups is 4. The maximum absolute atomic E-state index is 13.4. The van der Waals surface area contributed by atoms with Crippen molar-refractivity contribution in [2.24, 2.45) is 5.41 Å². The number of rotatable bonds is 4. The molecule has 5 heterocycles. The van der Waals surface area contributed by atoms with Gasteiger partial charge in [-0.1, -0.05) is 17.3 Å². The number of nitrogens with zero attached hydrogens (tertiary/aromatic N) is 4. The predicted octanol–water partition coefficient (Wildman–Crippen LogP) is 0.636. The highest BCUT2D eigenvalue weighted by Gasteiger charge is 2.39. The number of piperidine rings is 1. The molecule has 15 nitrogen and oxygen atoms in total. The number of ether oxygens (including phenoxy) is 1. The van der Waals surface area contributed by atoms with Gasteiger partial charge < -0.3 is 39.6 Å². The van der Waals surface area contributed by atoms with Crippen molar-refractivity contribution in [3.05, 3.63) is 54.1 Å². The zero-order valence-electron chi connectivity index (χ0n) is 26.9. The van der Waals surface area contributed by atoms with Crippen LogP contribution in [0.2, 0.25) is 0 Å².